The van der Waals surface area contributed by atoms with E-state index in [0.717, 1.165) is 11.6 Å². The average Bonchev–Trinajstić information content (AvgIpc) is 3.20. The second kappa shape index (κ2) is 10.6. The zero-order valence-corrected chi connectivity index (χ0v) is 21.3. The first-order chi connectivity index (χ1) is 18.7. The lowest BCUT2D eigenvalue weighted by atomic mass is 10.0. The Morgan fingerprint density at radius 2 is 1.64 bits per heavy atom. The Balaban J connectivity index is 1.69. The van der Waals surface area contributed by atoms with Gasteiger partial charge in [-0.05, 0) is 71.3 Å². The Morgan fingerprint density at radius 1 is 0.923 bits per heavy atom. The third-order valence-corrected chi connectivity index (χ3v) is 6.52. The zero-order chi connectivity index (χ0) is 27.7. The smallest absolute Gasteiger partial charge is 0.354 e. The Bertz CT molecular complexity index is 1710. The molecule has 0 aliphatic carbocycles. The quantitative estimate of drug-likeness (QED) is 0.225. The van der Waals surface area contributed by atoms with Crippen LogP contribution in [-0.4, -0.2) is 28.7 Å². The number of ether oxygens (including phenoxy) is 1. The van der Waals surface area contributed by atoms with Crippen LogP contribution in [0.4, 0.5) is 14.5 Å². The summed E-state index contributed by atoms with van der Waals surface area (Å²) in [5.74, 6) is -2.69. The number of anilines is 1. The van der Waals surface area contributed by atoms with Gasteiger partial charge in [-0.2, -0.15) is 0 Å². The summed E-state index contributed by atoms with van der Waals surface area (Å²) in [6.45, 7) is 0.109. The number of nitrogens with zero attached hydrogens (tertiary/aromatic N) is 1. The fourth-order valence-corrected chi connectivity index (χ4v) is 4.72. The van der Waals surface area contributed by atoms with Gasteiger partial charge in [0.25, 0.3) is 5.91 Å². The van der Waals surface area contributed by atoms with Gasteiger partial charge in [-0.25, -0.2) is 13.6 Å². The first-order valence-corrected chi connectivity index (χ1v) is 12.2. The SMILES string of the molecule is COc1ccc(C(=O)Nc2c(C(=O)O)n(Cc3cccc(Cl)c3)c3cc(-c4cc(F)cc(F)c4)ccc23)cc1. The van der Waals surface area contributed by atoms with Crippen molar-refractivity contribution in [1.29, 1.82) is 0 Å². The molecule has 196 valence electrons. The first kappa shape index (κ1) is 25.9. The molecule has 1 heterocycles. The molecule has 0 fully saturated rings. The molecule has 2 N–H and O–H groups in total. The third kappa shape index (κ3) is 5.32. The molecule has 4 aromatic carbocycles. The number of hydrogen-bond acceptors (Lipinski definition) is 3. The minimum Gasteiger partial charge on any atom is -0.497 e. The minimum absolute atomic E-state index is 0.0947. The van der Waals surface area contributed by atoms with Gasteiger partial charge in [0.1, 0.15) is 17.4 Å². The molecular formula is C30H21ClF2N2O4. The number of hydrogen-bond donors (Lipinski definition) is 2. The second-order valence-corrected chi connectivity index (χ2v) is 9.25. The van der Waals surface area contributed by atoms with E-state index >= 15 is 0 Å². The van der Waals surface area contributed by atoms with E-state index < -0.39 is 23.5 Å². The van der Waals surface area contributed by atoms with E-state index in [-0.39, 0.29) is 23.5 Å². The summed E-state index contributed by atoms with van der Waals surface area (Å²) in [7, 11) is 1.51. The van der Waals surface area contributed by atoms with E-state index in [0.29, 0.717) is 32.8 Å². The fourth-order valence-electron chi connectivity index (χ4n) is 4.51. The minimum atomic E-state index is -1.27. The normalized spacial score (nSPS) is 11.0. The topological polar surface area (TPSA) is 80.6 Å². The maximum absolute atomic E-state index is 14.0. The average molecular weight is 547 g/mol. The summed E-state index contributed by atoms with van der Waals surface area (Å²) in [5, 5.41) is 14.0. The molecular weight excluding hydrogens is 526 g/mol. The lowest BCUT2D eigenvalue weighted by molar-refractivity contribution is 0.0687. The standard InChI is InChI=1S/C30H21ClF2N2O4/c1-39-24-8-5-18(6-9-24)29(36)34-27-25-10-7-19(20-12-22(32)15-23(33)13-20)14-26(25)35(28(27)30(37)38)16-17-3-2-4-21(31)11-17/h2-15H,16H2,1H3,(H,34,36)(H,37,38). The Morgan fingerprint density at radius 3 is 2.28 bits per heavy atom. The van der Waals surface area contributed by atoms with E-state index in [2.05, 4.69) is 5.32 Å². The highest BCUT2D eigenvalue weighted by atomic mass is 35.5. The van der Waals surface area contributed by atoms with Crippen LogP contribution in [0.5, 0.6) is 5.75 Å². The van der Waals surface area contributed by atoms with Crippen molar-refractivity contribution in [2.75, 3.05) is 12.4 Å². The summed E-state index contributed by atoms with van der Waals surface area (Å²) < 4.78 is 34.6. The van der Waals surface area contributed by atoms with Gasteiger partial charge in [0, 0.05) is 28.6 Å². The first-order valence-electron chi connectivity index (χ1n) is 11.8. The highest BCUT2D eigenvalue weighted by Gasteiger charge is 2.25. The van der Waals surface area contributed by atoms with Crippen LogP contribution in [0.3, 0.4) is 0 Å². The number of halogens is 3. The van der Waals surface area contributed by atoms with E-state index in [1.807, 2.05) is 0 Å². The maximum Gasteiger partial charge on any atom is 0.354 e. The molecule has 0 saturated carbocycles. The molecule has 5 rings (SSSR count). The molecule has 6 nitrogen and oxygen atoms in total. The highest BCUT2D eigenvalue weighted by Crippen LogP contribution is 2.36. The number of nitrogens with one attached hydrogen (secondary N) is 1. The zero-order valence-electron chi connectivity index (χ0n) is 20.5. The van der Waals surface area contributed by atoms with Crippen LogP contribution in [0.15, 0.2) is 84.9 Å². The third-order valence-electron chi connectivity index (χ3n) is 6.28. The predicted molar refractivity (Wildman–Crippen MR) is 146 cm³/mol. The predicted octanol–water partition coefficient (Wildman–Crippen LogP) is 7.25. The van der Waals surface area contributed by atoms with Gasteiger partial charge in [0.15, 0.2) is 5.69 Å². The summed E-state index contributed by atoms with van der Waals surface area (Å²) in [6.07, 6.45) is 0. The molecule has 1 amide bonds. The van der Waals surface area contributed by atoms with Crippen LogP contribution in [-0.2, 0) is 6.54 Å². The van der Waals surface area contributed by atoms with Crippen molar-refractivity contribution >= 4 is 40.1 Å². The molecule has 0 saturated heterocycles. The monoisotopic (exact) mass is 546 g/mol. The molecule has 0 bridgehead atoms. The van der Waals surface area contributed by atoms with Gasteiger partial charge in [0.2, 0.25) is 0 Å². The number of benzene rings is 4. The summed E-state index contributed by atoms with van der Waals surface area (Å²) >= 11 is 6.17. The number of methoxy groups -OCH3 is 1. The second-order valence-electron chi connectivity index (χ2n) is 8.82. The lowest BCUT2D eigenvalue weighted by Crippen LogP contribution is -2.16. The maximum atomic E-state index is 14.0. The van der Waals surface area contributed by atoms with Crippen LogP contribution in [0.2, 0.25) is 5.02 Å². The Labute approximate surface area is 227 Å². The van der Waals surface area contributed by atoms with Gasteiger partial charge in [-0.1, -0.05) is 35.9 Å². The number of carboxylic acid groups (broad SMARTS) is 1. The molecule has 0 radical (unpaired) electrons. The van der Waals surface area contributed by atoms with Crippen LogP contribution in [0.25, 0.3) is 22.0 Å². The van der Waals surface area contributed by atoms with Gasteiger partial charge in [-0.3, -0.25) is 4.79 Å². The Hall–Kier alpha value is -4.69. The molecule has 0 aliphatic rings. The number of aromatic nitrogens is 1. The number of rotatable bonds is 7. The van der Waals surface area contributed by atoms with Crippen molar-refractivity contribution in [3.05, 3.63) is 118 Å². The number of carboxylic acids is 1. The van der Waals surface area contributed by atoms with E-state index in [9.17, 15) is 23.5 Å². The number of fused-ring (bicyclic) bond motifs is 1. The number of amides is 1. The van der Waals surface area contributed by atoms with Crippen LogP contribution in [0, 0.1) is 11.6 Å². The van der Waals surface area contributed by atoms with E-state index in [4.69, 9.17) is 16.3 Å². The number of aromatic carboxylic acids is 1. The summed E-state index contributed by atoms with van der Waals surface area (Å²) in [5.41, 5.74) is 2.15. The van der Waals surface area contributed by atoms with E-state index in [1.54, 1.807) is 66.7 Å². The molecule has 0 spiro atoms. The highest BCUT2D eigenvalue weighted by molar-refractivity contribution is 6.30. The van der Waals surface area contributed by atoms with E-state index in [1.165, 1.54) is 23.8 Å². The number of carbonyl (C=O) groups excluding carboxylic acids is 1. The summed E-state index contributed by atoms with van der Waals surface area (Å²) in [4.78, 5) is 25.8. The van der Waals surface area contributed by atoms with Gasteiger partial charge >= 0.3 is 5.97 Å². The molecule has 0 atom stereocenters. The van der Waals surface area contributed by atoms with Crippen LogP contribution < -0.4 is 10.1 Å². The molecule has 0 unspecified atom stereocenters. The van der Waals surface area contributed by atoms with Crippen molar-refractivity contribution < 1.29 is 28.2 Å². The number of carbonyl (C=O) groups is 2. The van der Waals surface area contributed by atoms with Crippen molar-refractivity contribution in [2.45, 2.75) is 6.54 Å². The van der Waals surface area contributed by atoms with Gasteiger partial charge < -0.3 is 19.7 Å². The molecule has 1 aromatic heterocycles. The Kier molecular flexibility index (Phi) is 7.04. The van der Waals surface area contributed by atoms with Crippen molar-refractivity contribution in [2.24, 2.45) is 0 Å². The van der Waals surface area contributed by atoms with Crippen LogP contribution >= 0.6 is 11.6 Å². The summed E-state index contributed by atoms with van der Waals surface area (Å²) in [6, 6.07) is 21.4. The van der Waals surface area contributed by atoms with Gasteiger partial charge in [0.05, 0.1) is 18.3 Å². The largest absolute Gasteiger partial charge is 0.497 e. The van der Waals surface area contributed by atoms with Crippen molar-refractivity contribution in [1.82, 2.24) is 4.57 Å². The van der Waals surface area contributed by atoms with Gasteiger partial charge in [-0.15, -0.1) is 0 Å². The van der Waals surface area contributed by atoms with Crippen LogP contribution in [0.1, 0.15) is 26.4 Å². The molecule has 0 aliphatic heterocycles. The van der Waals surface area contributed by atoms with Crippen molar-refractivity contribution in [3.8, 4) is 16.9 Å². The molecule has 39 heavy (non-hydrogen) atoms. The molecule has 9 heteroatoms. The van der Waals surface area contributed by atoms with Crippen molar-refractivity contribution in [3.63, 3.8) is 0 Å². The molecule has 5 aromatic rings. The fraction of sp³-hybridized carbons (Fsp3) is 0.0667. The lowest BCUT2D eigenvalue weighted by Gasteiger charge is -2.11.